The lowest BCUT2D eigenvalue weighted by molar-refractivity contribution is 0.147. The van der Waals surface area contributed by atoms with Crippen LogP contribution in [0.4, 0.5) is 0 Å². The molecule has 1 aliphatic carbocycles. The molecule has 0 bridgehead atoms. The van der Waals surface area contributed by atoms with Gasteiger partial charge in [-0.05, 0) is 77.6 Å². The van der Waals surface area contributed by atoms with Crippen LogP contribution in [0.15, 0.2) is 46.6 Å². The average Bonchev–Trinajstić information content (AvgIpc) is 2.52. The quantitative estimate of drug-likeness (QED) is 0.372. The molecule has 1 atom stereocenters. The van der Waals surface area contributed by atoms with Gasteiger partial charge >= 0.3 is 0 Å². The summed E-state index contributed by atoms with van der Waals surface area (Å²) in [6.07, 6.45) is 13.9. The molecule has 1 rings (SSSR count). The molecule has 0 aromatic heterocycles. The largest absolute Gasteiger partial charge is 0.396 e. The van der Waals surface area contributed by atoms with Gasteiger partial charge in [0.25, 0.3) is 0 Å². The number of nitriles is 1. The molecule has 0 aromatic rings. The zero-order chi connectivity index (χ0) is 20.7. The Hall–Kier alpha value is -1.37. The van der Waals surface area contributed by atoms with Crippen molar-refractivity contribution in [2.24, 2.45) is 5.92 Å². The molecular formula is C24H39NOSi. The molecule has 0 fully saturated rings. The van der Waals surface area contributed by atoms with Crippen LogP contribution in [0.5, 0.6) is 0 Å². The van der Waals surface area contributed by atoms with Gasteiger partial charge in [-0.2, -0.15) is 5.26 Å². The lowest BCUT2D eigenvalue weighted by Crippen LogP contribution is -2.44. The second-order valence-electron chi connectivity index (χ2n) is 9.30. The van der Waals surface area contributed by atoms with Crippen molar-refractivity contribution in [2.45, 2.75) is 92.0 Å². The summed E-state index contributed by atoms with van der Waals surface area (Å²) in [6.45, 7) is 17.4. The SMILES string of the molecule is C/C1=C/C=C(\C(C)C)C(C#N)(O[Si](C)(C)C)C/C(C)=C\CC/C(C)=C\CC1. The molecule has 2 nitrogen and oxygen atoms in total. The maximum absolute atomic E-state index is 10.3. The Morgan fingerprint density at radius 1 is 0.963 bits per heavy atom. The minimum Gasteiger partial charge on any atom is -0.396 e. The van der Waals surface area contributed by atoms with Crippen molar-refractivity contribution in [1.29, 1.82) is 5.26 Å². The monoisotopic (exact) mass is 385 g/mol. The zero-order valence-electron chi connectivity index (χ0n) is 18.8. The Morgan fingerprint density at radius 3 is 2.04 bits per heavy atom. The lowest BCUT2D eigenvalue weighted by Gasteiger charge is -2.37. The predicted molar refractivity (Wildman–Crippen MR) is 120 cm³/mol. The van der Waals surface area contributed by atoms with Gasteiger partial charge < -0.3 is 4.43 Å². The minimum atomic E-state index is -1.91. The number of nitrogens with zero attached hydrogens (tertiary/aromatic N) is 1. The molecule has 0 saturated carbocycles. The fourth-order valence-corrected chi connectivity index (χ4v) is 4.90. The summed E-state index contributed by atoms with van der Waals surface area (Å²) in [5.74, 6) is 0.257. The van der Waals surface area contributed by atoms with Crippen molar-refractivity contribution in [3.8, 4) is 6.07 Å². The van der Waals surface area contributed by atoms with E-state index in [0.717, 1.165) is 31.3 Å². The lowest BCUT2D eigenvalue weighted by atomic mass is 9.81. The van der Waals surface area contributed by atoms with Crippen molar-refractivity contribution in [3.63, 3.8) is 0 Å². The fourth-order valence-electron chi connectivity index (χ4n) is 3.61. The second kappa shape index (κ2) is 10.2. The number of rotatable bonds is 3. The Bertz CT molecular complexity index is 667. The van der Waals surface area contributed by atoms with E-state index in [-0.39, 0.29) is 5.92 Å². The van der Waals surface area contributed by atoms with Gasteiger partial charge in [-0.25, -0.2) is 0 Å². The third-order valence-electron chi connectivity index (χ3n) is 4.89. The van der Waals surface area contributed by atoms with Gasteiger partial charge in [0.15, 0.2) is 13.9 Å². The summed E-state index contributed by atoms with van der Waals surface area (Å²) in [7, 11) is -1.91. The Labute approximate surface area is 168 Å². The molecule has 27 heavy (non-hydrogen) atoms. The molecule has 1 aliphatic rings. The fraction of sp³-hybridized carbons (Fsp3) is 0.625. The summed E-state index contributed by atoms with van der Waals surface area (Å²) in [5.41, 5.74) is 4.27. The van der Waals surface area contributed by atoms with Gasteiger partial charge in [0.2, 0.25) is 0 Å². The van der Waals surface area contributed by atoms with E-state index in [1.165, 1.54) is 16.7 Å². The van der Waals surface area contributed by atoms with E-state index in [9.17, 15) is 5.26 Å². The zero-order valence-corrected chi connectivity index (χ0v) is 19.8. The van der Waals surface area contributed by atoms with Gasteiger partial charge in [-0.15, -0.1) is 0 Å². The van der Waals surface area contributed by atoms with Gasteiger partial charge in [0.1, 0.15) is 6.07 Å². The first-order valence-corrected chi connectivity index (χ1v) is 13.7. The first-order chi connectivity index (χ1) is 12.5. The highest BCUT2D eigenvalue weighted by Gasteiger charge is 2.40. The highest BCUT2D eigenvalue weighted by atomic mass is 28.4. The van der Waals surface area contributed by atoms with Crippen LogP contribution in [0.25, 0.3) is 0 Å². The van der Waals surface area contributed by atoms with Crippen LogP contribution in [-0.2, 0) is 4.43 Å². The van der Waals surface area contributed by atoms with E-state index in [2.05, 4.69) is 84.6 Å². The first kappa shape index (κ1) is 23.7. The highest BCUT2D eigenvalue weighted by Crippen LogP contribution is 2.36. The smallest absolute Gasteiger partial charge is 0.186 e. The van der Waals surface area contributed by atoms with Gasteiger partial charge in [-0.3, -0.25) is 0 Å². The van der Waals surface area contributed by atoms with E-state index in [0.29, 0.717) is 6.42 Å². The number of allylic oxidation sites excluding steroid dienone is 6. The normalized spacial score (nSPS) is 31.3. The molecule has 0 N–H and O–H groups in total. The number of hydrogen-bond acceptors (Lipinski definition) is 2. The molecule has 0 aromatic carbocycles. The van der Waals surface area contributed by atoms with Crippen LogP contribution < -0.4 is 0 Å². The second-order valence-corrected chi connectivity index (χ2v) is 13.7. The maximum atomic E-state index is 10.3. The summed E-state index contributed by atoms with van der Waals surface area (Å²) in [5, 5.41) is 10.3. The van der Waals surface area contributed by atoms with Crippen molar-refractivity contribution >= 4 is 8.32 Å². The molecular weight excluding hydrogens is 346 g/mol. The van der Waals surface area contributed by atoms with E-state index in [4.69, 9.17) is 4.43 Å². The Morgan fingerprint density at radius 2 is 1.52 bits per heavy atom. The first-order valence-electron chi connectivity index (χ1n) is 10.3. The molecule has 0 aliphatic heterocycles. The summed E-state index contributed by atoms with van der Waals surface area (Å²) < 4.78 is 6.60. The molecule has 0 saturated heterocycles. The topological polar surface area (TPSA) is 33.0 Å². The van der Waals surface area contributed by atoms with Crippen LogP contribution >= 0.6 is 0 Å². The van der Waals surface area contributed by atoms with Crippen molar-refractivity contribution in [1.82, 2.24) is 0 Å². The molecule has 0 amide bonds. The van der Waals surface area contributed by atoms with Crippen LogP contribution in [0, 0.1) is 17.2 Å². The molecule has 3 heteroatoms. The van der Waals surface area contributed by atoms with Gasteiger partial charge in [0.05, 0.1) is 0 Å². The van der Waals surface area contributed by atoms with Crippen molar-refractivity contribution < 1.29 is 4.43 Å². The van der Waals surface area contributed by atoms with Gasteiger partial charge in [-0.1, -0.05) is 54.9 Å². The molecule has 1 unspecified atom stereocenters. The third kappa shape index (κ3) is 8.03. The van der Waals surface area contributed by atoms with Crippen LogP contribution in [-0.4, -0.2) is 13.9 Å². The van der Waals surface area contributed by atoms with E-state index < -0.39 is 13.9 Å². The van der Waals surface area contributed by atoms with Gasteiger partial charge in [0, 0.05) is 6.42 Å². The maximum Gasteiger partial charge on any atom is 0.186 e. The average molecular weight is 386 g/mol. The van der Waals surface area contributed by atoms with E-state index in [1.54, 1.807) is 0 Å². The van der Waals surface area contributed by atoms with Crippen LogP contribution in [0.2, 0.25) is 19.6 Å². The summed E-state index contributed by atoms with van der Waals surface area (Å²) >= 11 is 0. The number of hydrogen-bond donors (Lipinski definition) is 0. The van der Waals surface area contributed by atoms with Crippen LogP contribution in [0.1, 0.15) is 66.7 Å². The van der Waals surface area contributed by atoms with E-state index >= 15 is 0 Å². The van der Waals surface area contributed by atoms with Crippen molar-refractivity contribution in [3.05, 3.63) is 46.6 Å². The molecule has 0 spiro atoms. The molecule has 0 radical (unpaired) electrons. The van der Waals surface area contributed by atoms with Crippen molar-refractivity contribution in [2.75, 3.05) is 0 Å². The molecule has 0 heterocycles. The minimum absolute atomic E-state index is 0.257. The predicted octanol–water partition coefficient (Wildman–Crippen LogP) is 7.49. The Kier molecular flexibility index (Phi) is 8.98. The highest BCUT2D eigenvalue weighted by molar-refractivity contribution is 6.69. The summed E-state index contributed by atoms with van der Waals surface area (Å²) in [4.78, 5) is 0. The van der Waals surface area contributed by atoms with E-state index in [1.807, 2.05) is 0 Å². The summed E-state index contributed by atoms with van der Waals surface area (Å²) in [6, 6.07) is 2.60. The standard InChI is InChI=1S/C24H39NOSi/c1-19(2)23-16-15-21(4)13-9-11-20(3)12-10-14-22(5)17-24(23,18-25)26-27(6,7)8/h11,14-16,19H,9-10,12-13,17H2,1-8H3/b20-11-,21-15-,22-14-,23-16+. The Balaban J connectivity index is 3.51. The van der Waals surface area contributed by atoms with Crippen LogP contribution in [0.3, 0.4) is 0 Å². The molecule has 150 valence electrons. The third-order valence-corrected chi connectivity index (χ3v) is 5.85.